The number of nitriles is 1. The van der Waals surface area contributed by atoms with Gasteiger partial charge in [-0.15, -0.1) is 0 Å². The Balaban J connectivity index is 1.75. The Morgan fingerprint density at radius 2 is 2.04 bits per heavy atom. The minimum Gasteiger partial charge on any atom is -0.457 e. The molecular formula is C17H10N4O3. The number of nitrogens with zero attached hydrogens (tertiary/aromatic N) is 2. The maximum Gasteiger partial charge on any atom is 0.322 e. The molecule has 3 heterocycles. The van der Waals surface area contributed by atoms with Crippen LogP contribution in [0.5, 0.6) is 0 Å². The zero-order chi connectivity index (χ0) is 16.7. The Morgan fingerprint density at radius 3 is 2.79 bits per heavy atom. The summed E-state index contributed by atoms with van der Waals surface area (Å²) in [5.41, 5.74) is 3.13. The molecule has 0 spiro atoms. The highest BCUT2D eigenvalue weighted by Crippen LogP contribution is 2.27. The lowest BCUT2D eigenvalue weighted by Crippen LogP contribution is -2.22. The molecule has 116 valence electrons. The van der Waals surface area contributed by atoms with Gasteiger partial charge in [0.2, 0.25) is 0 Å². The molecule has 1 unspecified atom stereocenters. The highest BCUT2D eigenvalue weighted by Gasteiger charge is 2.33. The molecule has 0 saturated carbocycles. The summed E-state index contributed by atoms with van der Waals surface area (Å²) in [6.07, 6.45) is 0. The number of fused-ring (bicyclic) bond motifs is 1. The topological polar surface area (TPSA) is 108 Å². The van der Waals surface area contributed by atoms with E-state index in [1.807, 2.05) is 6.07 Å². The summed E-state index contributed by atoms with van der Waals surface area (Å²) >= 11 is 0. The van der Waals surface area contributed by atoms with E-state index in [0.29, 0.717) is 28.1 Å². The summed E-state index contributed by atoms with van der Waals surface area (Å²) < 4.78 is 5.62. The van der Waals surface area contributed by atoms with E-state index in [4.69, 9.17) is 9.68 Å². The Bertz CT molecular complexity index is 1030. The van der Waals surface area contributed by atoms with E-state index in [1.54, 1.807) is 36.4 Å². The number of imide groups is 1. The third kappa shape index (κ3) is 2.27. The number of benzene rings is 1. The van der Waals surface area contributed by atoms with Crippen LogP contribution in [0.4, 0.5) is 4.79 Å². The molecular weight excluding hydrogens is 308 g/mol. The van der Waals surface area contributed by atoms with Crippen LogP contribution in [0.15, 0.2) is 46.9 Å². The van der Waals surface area contributed by atoms with Crippen molar-refractivity contribution in [2.24, 2.45) is 0 Å². The number of urea groups is 1. The second kappa shape index (κ2) is 5.21. The van der Waals surface area contributed by atoms with Crippen molar-refractivity contribution in [3.05, 3.63) is 53.8 Å². The van der Waals surface area contributed by atoms with E-state index in [0.717, 1.165) is 5.56 Å². The van der Waals surface area contributed by atoms with Gasteiger partial charge in [0.25, 0.3) is 5.91 Å². The van der Waals surface area contributed by atoms with Crippen LogP contribution in [0.2, 0.25) is 0 Å². The summed E-state index contributed by atoms with van der Waals surface area (Å²) in [4.78, 5) is 27.5. The third-order valence-electron chi connectivity index (χ3n) is 3.74. The lowest BCUT2D eigenvalue weighted by Gasteiger charge is -2.01. The molecule has 24 heavy (non-hydrogen) atoms. The highest BCUT2D eigenvalue weighted by atomic mass is 16.3. The Labute approximate surface area is 135 Å². The normalized spacial score (nSPS) is 16.7. The smallest absolute Gasteiger partial charge is 0.322 e. The predicted molar refractivity (Wildman–Crippen MR) is 83.6 cm³/mol. The lowest BCUT2D eigenvalue weighted by molar-refractivity contribution is -0.120. The number of aromatic nitrogens is 1. The molecule has 3 aromatic rings. The maximum atomic E-state index is 11.7. The summed E-state index contributed by atoms with van der Waals surface area (Å²) in [5, 5.41) is 13.6. The van der Waals surface area contributed by atoms with Gasteiger partial charge >= 0.3 is 6.03 Å². The number of carbonyl (C=O) groups excluding carboxylic acids is 2. The van der Waals surface area contributed by atoms with Gasteiger partial charge < -0.3 is 9.73 Å². The third-order valence-corrected chi connectivity index (χ3v) is 3.74. The minimum absolute atomic E-state index is 0.323. The maximum absolute atomic E-state index is 11.7. The zero-order valence-corrected chi connectivity index (χ0v) is 12.2. The first kappa shape index (κ1) is 14.0. The molecule has 3 amide bonds. The molecule has 1 aliphatic heterocycles. The first-order chi connectivity index (χ1) is 11.6. The molecule has 1 saturated heterocycles. The summed E-state index contributed by atoms with van der Waals surface area (Å²) in [7, 11) is 0. The van der Waals surface area contributed by atoms with Crippen molar-refractivity contribution in [1.29, 1.82) is 5.26 Å². The predicted octanol–water partition coefficient (Wildman–Crippen LogP) is 2.25. The largest absolute Gasteiger partial charge is 0.457 e. The van der Waals surface area contributed by atoms with E-state index in [9.17, 15) is 9.59 Å². The molecule has 0 radical (unpaired) electrons. The molecule has 2 aromatic heterocycles. The molecule has 0 bridgehead atoms. The number of nitrogens with one attached hydrogen (secondary N) is 2. The number of furan rings is 1. The molecule has 4 rings (SSSR count). The Hall–Kier alpha value is -3.66. The number of carbonyl (C=O) groups is 2. The standard InChI is InChI=1S/C17H10N4O3/c18-8-9-2-1-3-10(6-9)11-4-5-13-12(19-11)7-14(24-13)15-16(22)21-17(23)20-15/h1-7,15H,(H2,20,21,22,23). The van der Waals surface area contributed by atoms with Crippen molar-refractivity contribution in [2.45, 2.75) is 6.04 Å². The van der Waals surface area contributed by atoms with Gasteiger partial charge in [-0.25, -0.2) is 9.78 Å². The summed E-state index contributed by atoms with van der Waals surface area (Å²) in [5.74, 6) is -0.134. The van der Waals surface area contributed by atoms with E-state index < -0.39 is 18.0 Å². The van der Waals surface area contributed by atoms with Crippen LogP contribution < -0.4 is 10.6 Å². The van der Waals surface area contributed by atoms with E-state index in [2.05, 4.69) is 21.7 Å². The van der Waals surface area contributed by atoms with E-state index >= 15 is 0 Å². The SMILES string of the molecule is N#Cc1cccc(-c2ccc3oc(C4NC(=O)NC4=O)cc3n2)c1. The van der Waals surface area contributed by atoms with Crippen molar-refractivity contribution in [2.75, 3.05) is 0 Å². The molecule has 1 aromatic carbocycles. The molecule has 0 aliphatic carbocycles. The van der Waals surface area contributed by atoms with Crippen molar-refractivity contribution in [1.82, 2.24) is 15.6 Å². The van der Waals surface area contributed by atoms with Crippen molar-refractivity contribution < 1.29 is 14.0 Å². The fraction of sp³-hybridized carbons (Fsp3) is 0.0588. The number of hydrogen-bond acceptors (Lipinski definition) is 5. The van der Waals surface area contributed by atoms with Gasteiger partial charge in [-0.05, 0) is 24.3 Å². The summed E-state index contributed by atoms with van der Waals surface area (Å²) in [6.45, 7) is 0. The Kier molecular flexibility index (Phi) is 3.03. The molecule has 1 aliphatic rings. The zero-order valence-electron chi connectivity index (χ0n) is 12.2. The van der Waals surface area contributed by atoms with E-state index in [1.165, 1.54) is 0 Å². The number of amides is 3. The summed E-state index contributed by atoms with van der Waals surface area (Å²) in [6, 6.07) is 13.0. The van der Waals surface area contributed by atoms with Gasteiger partial charge in [-0.2, -0.15) is 5.26 Å². The van der Waals surface area contributed by atoms with Crippen LogP contribution in [-0.4, -0.2) is 16.9 Å². The van der Waals surface area contributed by atoms with Crippen LogP contribution in [-0.2, 0) is 4.79 Å². The van der Waals surface area contributed by atoms with Crippen molar-refractivity contribution in [3.8, 4) is 17.3 Å². The Morgan fingerprint density at radius 1 is 1.17 bits per heavy atom. The van der Waals surface area contributed by atoms with Gasteiger partial charge in [-0.3, -0.25) is 10.1 Å². The van der Waals surface area contributed by atoms with Gasteiger partial charge in [0, 0.05) is 11.6 Å². The van der Waals surface area contributed by atoms with Gasteiger partial charge in [-0.1, -0.05) is 12.1 Å². The molecule has 2 N–H and O–H groups in total. The quantitative estimate of drug-likeness (QED) is 0.704. The first-order valence-corrected chi connectivity index (χ1v) is 7.16. The van der Waals surface area contributed by atoms with Crippen molar-refractivity contribution in [3.63, 3.8) is 0 Å². The fourth-order valence-corrected chi connectivity index (χ4v) is 2.61. The number of rotatable bonds is 2. The molecule has 1 fully saturated rings. The highest BCUT2D eigenvalue weighted by molar-refractivity contribution is 6.04. The van der Waals surface area contributed by atoms with Gasteiger partial charge in [0.15, 0.2) is 11.6 Å². The lowest BCUT2D eigenvalue weighted by atomic mass is 10.1. The van der Waals surface area contributed by atoms with E-state index in [-0.39, 0.29) is 0 Å². The molecule has 1 atom stereocenters. The number of pyridine rings is 1. The second-order valence-corrected chi connectivity index (χ2v) is 5.32. The molecule has 7 nitrogen and oxygen atoms in total. The second-order valence-electron chi connectivity index (χ2n) is 5.32. The van der Waals surface area contributed by atoms with Gasteiger partial charge in [0.05, 0.1) is 17.3 Å². The van der Waals surface area contributed by atoms with Gasteiger partial charge in [0.1, 0.15) is 11.3 Å². The van der Waals surface area contributed by atoms with Crippen LogP contribution >= 0.6 is 0 Å². The van der Waals surface area contributed by atoms with Crippen LogP contribution in [0.1, 0.15) is 17.4 Å². The average molecular weight is 318 g/mol. The molecule has 7 heteroatoms. The van der Waals surface area contributed by atoms with Crippen LogP contribution in [0.3, 0.4) is 0 Å². The van der Waals surface area contributed by atoms with Crippen LogP contribution in [0, 0.1) is 11.3 Å². The fourth-order valence-electron chi connectivity index (χ4n) is 2.61. The van der Waals surface area contributed by atoms with Crippen molar-refractivity contribution >= 4 is 23.0 Å². The first-order valence-electron chi connectivity index (χ1n) is 7.16. The monoisotopic (exact) mass is 318 g/mol. The minimum atomic E-state index is -0.850. The van der Waals surface area contributed by atoms with Crippen LogP contribution in [0.25, 0.3) is 22.4 Å². The average Bonchev–Trinajstić information content (AvgIpc) is 3.16. The number of hydrogen-bond donors (Lipinski definition) is 2.